The molecule has 0 spiro atoms. The third-order valence-corrected chi connectivity index (χ3v) is 3.88. The number of hydrogen-bond donors (Lipinski definition) is 2. The fourth-order valence-electron chi connectivity index (χ4n) is 1.94. The Morgan fingerprint density at radius 3 is 2.80 bits per heavy atom. The van der Waals surface area contributed by atoms with Crippen LogP contribution in [0.5, 0.6) is 5.75 Å². The highest BCUT2D eigenvalue weighted by atomic mass is 32.2. The van der Waals surface area contributed by atoms with Gasteiger partial charge in [-0.1, -0.05) is 0 Å². The van der Waals surface area contributed by atoms with Gasteiger partial charge >= 0.3 is 5.97 Å². The molecule has 8 heteroatoms. The van der Waals surface area contributed by atoms with Crippen LogP contribution in [-0.2, 0) is 14.8 Å². The predicted molar refractivity (Wildman–Crippen MR) is 69.2 cm³/mol. The lowest BCUT2D eigenvalue weighted by molar-refractivity contribution is 0.0665. The summed E-state index contributed by atoms with van der Waals surface area (Å²) in [7, 11) is -4.06. The van der Waals surface area contributed by atoms with Gasteiger partial charge in [0.05, 0.1) is 11.7 Å². The van der Waals surface area contributed by atoms with E-state index in [9.17, 15) is 13.2 Å². The van der Waals surface area contributed by atoms with Crippen molar-refractivity contribution in [1.82, 2.24) is 0 Å². The zero-order valence-corrected chi connectivity index (χ0v) is 11.4. The second kappa shape index (κ2) is 5.78. The van der Waals surface area contributed by atoms with Crippen molar-refractivity contribution < 1.29 is 27.8 Å². The average Bonchev–Trinajstić information content (AvgIpc) is 2.88. The van der Waals surface area contributed by atoms with Crippen LogP contribution >= 0.6 is 0 Å². The molecule has 1 saturated heterocycles. The molecule has 3 N–H and O–H groups in total. The highest BCUT2D eigenvalue weighted by Gasteiger charge is 2.21. The van der Waals surface area contributed by atoms with Crippen molar-refractivity contribution in [3.63, 3.8) is 0 Å². The molecule has 0 bridgehead atoms. The molecule has 0 saturated carbocycles. The molecule has 0 amide bonds. The van der Waals surface area contributed by atoms with E-state index in [4.69, 9.17) is 19.7 Å². The van der Waals surface area contributed by atoms with Crippen molar-refractivity contribution in [2.75, 3.05) is 13.2 Å². The molecule has 0 radical (unpaired) electrons. The number of carboxylic acid groups (broad SMARTS) is 1. The van der Waals surface area contributed by atoms with Crippen LogP contribution in [0.3, 0.4) is 0 Å². The number of aromatic carboxylic acids is 1. The van der Waals surface area contributed by atoms with Crippen LogP contribution in [-0.4, -0.2) is 38.8 Å². The van der Waals surface area contributed by atoms with Crippen LogP contribution < -0.4 is 9.88 Å². The second-order valence-electron chi connectivity index (χ2n) is 4.46. The van der Waals surface area contributed by atoms with Crippen LogP contribution in [0.2, 0.25) is 0 Å². The number of rotatable bonds is 5. The van der Waals surface area contributed by atoms with Gasteiger partial charge in [-0.05, 0) is 31.0 Å². The quantitative estimate of drug-likeness (QED) is 0.822. The fourth-order valence-corrected chi connectivity index (χ4v) is 2.64. The monoisotopic (exact) mass is 301 g/mol. The molecule has 1 aromatic carbocycles. The maximum atomic E-state index is 11.5. The fraction of sp³-hybridized carbons (Fsp3) is 0.417. The average molecular weight is 301 g/mol. The first-order chi connectivity index (χ1) is 9.38. The number of primary sulfonamides is 1. The van der Waals surface area contributed by atoms with Gasteiger partial charge in [0.1, 0.15) is 17.3 Å². The summed E-state index contributed by atoms with van der Waals surface area (Å²) in [5.74, 6) is -1.20. The van der Waals surface area contributed by atoms with Crippen molar-refractivity contribution in [1.29, 1.82) is 0 Å². The molecular weight excluding hydrogens is 286 g/mol. The van der Waals surface area contributed by atoms with Crippen LogP contribution in [0, 0.1) is 0 Å². The lowest BCUT2D eigenvalue weighted by Gasteiger charge is -2.14. The van der Waals surface area contributed by atoms with Crippen molar-refractivity contribution in [3.05, 3.63) is 23.8 Å². The number of carbonyl (C=O) groups is 1. The van der Waals surface area contributed by atoms with Gasteiger partial charge in [0.25, 0.3) is 0 Å². The summed E-state index contributed by atoms with van der Waals surface area (Å²) in [5.41, 5.74) is -0.168. The normalized spacial score (nSPS) is 18.9. The molecule has 2 rings (SSSR count). The Hall–Kier alpha value is -1.64. The Morgan fingerprint density at radius 1 is 1.50 bits per heavy atom. The van der Waals surface area contributed by atoms with Crippen molar-refractivity contribution in [2.45, 2.75) is 23.8 Å². The molecule has 1 aliphatic rings. The minimum Gasteiger partial charge on any atom is -0.489 e. The van der Waals surface area contributed by atoms with Gasteiger partial charge in [-0.3, -0.25) is 0 Å². The zero-order chi connectivity index (χ0) is 14.8. The van der Waals surface area contributed by atoms with Gasteiger partial charge in [-0.25, -0.2) is 18.4 Å². The number of sulfonamides is 1. The number of carboxylic acids is 1. The van der Waals surface area contributed by atoms with E-state index in [2.05, 4.69) is 0 Å². The van der Waals surface area contributed by atoms with Gasteiger partial charge in [-0.2, -0.15) is 0 Å². The van der Waals surface area contributed by atoms with E-state index in [0.29, 0.717) is 6.61 Å². The van der Waals surface area contributed by atoms with Gasteiger partial charge < -0.3 is 14.6 Å². The molecule has 7 nitrogen and oxygen atoms in total. The summed E-state index contributed by atoms with van der Waals surface area (Å²) in [6.45, 7) is 0.864. The molecule has 1 heterocycles. The van der Waals surface area contributed by atoms with Gasteiger partial charge in [0.15, 0.2) is 0 Å². The smallest absolute Gasteiger partial charge is 0.335 e. The molecule has 1 unspecified atom stereocenters. The van der Waals surface area contributed by atoms with Gasteiger partial charge in [-0.15, -0.1) is 0 Å². The molecule has 1 atom stereocenters. The molecule has 20 heavy (non-hydrogen) atoms. The van der Waals surface area contributed by atoms with E-state index in [-0.39, 0.29) is 28.9 Å². The van der Waals surface area contributed by atoms with Crippen LogP contribution in [0.1, 0.15) is 23.2 Å². The Labute approximate surface area is 116 Å². The Morgan fingerprint density at radius 2 is 2.25 bits per heavy atom. The van der Waals surface area contributed by atoms with E-state index in [1.54, 1.807) is 0 Å². The summed E-state index contributed by atoms with van der Waals surface area (Å²) in [4.78, 5) is 10.5. The van der Waals surface area contributed by atoms with Crippen LogP contribution in [0.4, 0.5) is 0 Å². The molecule has 0 aliphatic carbocycles. The largest absolute Gasteiger partial charge is 0.489 e. The Kier molecular flexibility index (Phi) is 4.26. The standard InChI is InChI=1S/C12H15NO6S/c13-20(16,17)11-6-8(12(14)15)3-4-10(11)19-7-9-2-1-5-18-9/h3-4,6,9H,1-2,5,7H2,(H,14,15)(H2,13,16,17). The first kappa shape index (κ1) is 14.8. The molecule has 1 fully saturated rings. The lowest BCUT2D eigenvalue weighted by atomic mass is 10.2. The number of ether oxygens (including phenoxy) is 2. The van der Waals surface area contributed by atoms with Gasteiger partial charge in [0.2, 0.25) is 10.0 Å². The number of benzene rings is 1. The summed E-state index contributed by atoms with van der Waals surface area (Å²) >= 11 is 0. The predicted octanol–water partition coefficient (Wildman–Crippen LogP) is 0.590. The molecule has 110 valence electrons. The highest BCUT2D eigenvalue weighted by molar-refractivity contribution is 7.89. The molecule has 0 aromatic heterocycles. The summed E-state index contributed by atoms with van der Waals surface area (Å²) in [6.07, 6.45) is 1.70. The first-order valence-electron chi connectivity index (χ1n) is 6.02. The maximum absolute atomic E-state index is 11.5. The van der Waals surface area contributed by atoms with E-state index < -0.39 is 16.0 Å². The number of hydrogen-bond acceptors (Lipinski definition) is 5. The summed E-state index contributed by atoms with van der Waals surface area (Å²) in [6, 6.07) is 3.54. The minimum absolute atomic E-state index is 0.0352. The summed E-state index contributed by atoms with van der Waals surface area (Å²) < 4.78 is 33.8. The third kappa shape index (κ3) is 3.47. The van der Waals surface area contributed by atoms with E-state index >= 15 is 0 Å². The third-order valence-electron chi connectivity index (χ3n) is 2.95. The molecule has 1 aromatic rings. The minimum atomic E-state index is -4.06. The van der Waals surface area contributed by atoms with Crippen LogP contribution in [0.15, 0.2) is 23.1 Å². The van der Waals surface area contributed by atoms with Crippen molar-refractivity contribution in [3.8, 4) is 5.75 Å². The molecule has 1 aliphatic heterocycles. The number of nitrogens with two attached hydrogens (primary N) is 1. The van der Waals surface area contributed by atoms with Crippen molar-refractivity contribution >= 4 is 16.0 Å². The highest BCUT2D eigenvalue weighted by Crippen LogP contribution is 2.25. The Balaban J connectivity index is 2.24. The first-order valence-corrected chi connectivity index (χ1v) is 7.57. The zero-order valence-electron chi connectivity index (χ0n) is 10.6. The van der Waals surface area contributed by atoms with E-state index in [1.807, 2.05) is 0 Å². The Bertz CT molecular complexity index is 606. The SMILES string of the molecule is NS(=O)(=O)c1cc(C(=O)O)ccc1OCC1CCCO1. The van der Waals surface area contributed by atoms with Crippen LogP contribution in [0.25, 0.3) is 0 Å². The maximum Gasteiger partial charge on any atom is 0.335 e. The van der Waals surface area contributed by atoms with Gasteiger partial charge in [0, 0.05) is 6.61 Å². The molecular formula is C12H15NO6S. The summed E-state index contributed by atoms with van der Waals surface area (Å²) in [5, 5.41) is 14.0. The van der Waals surface area contributed by atoms with Crippen molar-refractivity contribution in [2.24, 2.45) is 5.14 Å². The lowest BCUT2D eigenvalue weighted by Crippen LogP contribution is -2.19. The van der Waals surface area contributed by atoms with E-state index in [0.717, 1.165) is 18.9 Å². The topological polar surface area (TPSA) is 116 Å². The second-order valence-corrected chi connectivity index (χ2v) is 5.99. The van der Waals surface area contributed by atoms with E-state index in [1.165, 1.54) is 12.1 Å².